The van der Waals surface area contributed by atoms with Crippen molar-refractivity contribution in [2.24, 2.45) is 0 Å². The first kappa shape index (κ1) is 24.1. The third-order valence-corrected chi connectivity index (χ3v) is 12.0. The first-order valence-electron chi connectivity index (χ1n) is 13.0. The molecule has 4 aromatic heterocycles. The Hall–Kier alpha value is -2.24. The zero-order valence-electron chi connectivity index (χ0n) is 20.8. The first-order valence-corrected chi connectivity index (χ1v) is 16.2. The van der Waals surface area contributed by atoms with Gasteiger partial charge in [0.05, 0.1) is 19.5 Å². The third kappa shape index (κ3) is 4.50. The maximum atomic E-state index is 2.35. The summed E-state index contributed by atoms with van der Waals surface area (Å²) in [4.78, 5) is 11.5. The van der Waals surface area contributed by atoms with Crippen LogP contribution in [-0.4, -0.2) is 0 Å². The number of rotatable bonds is 9. The van der Waals surface area contributed by atoms with Crippen molar-refractivity contribution in [1.29, 1.82) is 0 Å². The number of fused-ring (bicyclic) bond motifs is 2. The maximum Gasteiger partial charge on any atom is 0.0534 e. The lowest BCUT2D eigenvalue weighted by Gasteiger charge is -1.97. The van der Waals surface area contributed by atoms with Gasteiger partial charge in [0.25, 0.3) is 0 Å². The second kappa shape index (κ2) is 10.6. The average Bonchev–Trinajstić information content (AvgIpc) is 3.70. The number of aryl methyl sites for hydroxylation is 2. The molecule has 0 N–H and O–H groups in total. The van der Waals surface area contributed by atoms with Gasteiger partial charge in [-0.15, -0.1) is 45.3 Å². The molecule has 0 saturated carbocycles. The number of unbranched alkanes of at least 4 members (excludes halogenated alkanes) is 2. The lowest BCUT2D eigenvalue weighted by Crippen LogP contribution is -1.76. The molecule has 2 aromatic carbocycles. The molecule has 0 aliphatic carbocycles. The van der Waals surface area contributed by atoms with Crippen molar-refractivity contribution in [2.45, 2.75) is 52.4 Å². The van der Waals surface area contributed by atoms with Gasteiger partial charge in [-0.25, -0.2) is 0 Å². The van der Waals surface area contributed by atoms with Gasteiger partial charge in [0.2, 0.25) is 0 Å². The van der Waals surface area contributed by atoms with Crippen LogP contribution in [0.2, 0.25) is 0 Å². The minimum Gasteiger partial charge on any atom is -0.139 e. The van der Waals surface area contributed by atoms with E-state index >= 15 is 0 Å². The molecule has 0 fully saturated rings. The van der Waals surface area contributed by atoms with Gasteiger partial charge in [-0.1, -0.05) is 75.2 Å². The van der Waals surface area contributed by atoms with E-state index in [2.05, 4.69) is 86.6 Å². The van der Waals surface area contributed by atoms with Gasteiger partial charge in [-0.2, -0.15) is 0 Å². The van der Waals surface area contributed by atoms with E-state index in [0.717, 1.165) is 0 Å². The molecule has 0 amide bonds. The fraction of sp³-hybridized carbons (Fsp3) is 0.250. The molecule has 0 saturated heterocycles. The van der Waals surface area contributed by atoms with E-state index in [0.29, 0.717) is 0 Å². The minimum absolute atomic E-state index is 1.19. The van der Waals surface area contributed by atoms with Gasteiger partial charge in [0.1, 0.15) is 0 Å². The molecule has 0 spiro atoms. The van der Waals surface area contributed by atoms with Gasteiger partial charge in [0, 0.05) is 41.1 Å². The van der Waals surface area contributed by atoms with Crippen LogP contribution in [0.1, 0.15) is 49.3 Å². The fourth-order valence-corrected chi connectivity index (χ4v) is 9.92. The Kier molecular flexibility index (Phi) is 7.12. The van der Waals surface area contributed by atoms with Crippen LogP contribution < -0.4 is 0 Å². The summed E-state index contributed by atoms with van der Waals surface area (Å²) < 4.78 is 0. The first-order chi connectivity index (χ1) is 17.8. The van der Waals surface area contributed by atoms with Crippen molar-refractivity contribution < 1.29 is 0 Å². The molecule has 0 radical (unpaired) electrons. The van der Waals surface area contributed by atoms with Crippen molar-refractivity contribution in [2.75, 3.05) is 0 Å². The maximum absolute atomic E-state index is 2.35. The van der Waals surface area contributed by atoms with Crippen LogP contribution >= 0.6 is 45.3 Å². The summed E-state index contributed by atoms with van der Waals surface area (Å²) in [5, 5.41) is 5.54. The summed E-state index contributed by atoms with van der Waals surface area (Å²) >= 11 is 7.92. The molecule has 0 aliphatic rings. The zero-order valence-corrected chi connectivity index (χ0v) is 24.1. The number of benzene rings is 2. The molecule has 0 aliphatic heterocycles. The van der Waals surface area contributed by atoms with Gasteiger partial charge in [-0.3, -0.25) is 0 Å². The Morgan fingerprint density at radius 3 is 1.22 bits per heavy atom. The van der Waals surface area contributed by atoms with Gasteiger partial charge in [-0.05, 0) is 49.9 Å². The standard InChI is InChI=1S/C32H30S4/c1-3-5-11-21-17-19-27(33-21)29-23-13-7-9-15-25(23)31(35-29)32-26-16-10-8-14-24(26)30(36-32)28-20-18-22(34-28)12-6-4-2/h7-10,13-20H,3-6,11-12H2,1-2H3. The highest BCUT2D eigenvalue weighted by Gasteiger charge is 2.21. The smallest absolute Gasteiger partial charge is 0.0534 e. The molecule has 0 unspecified atom stereocenters. The Morgan fingerprint density at radius 2 is 0.833 bits per heavy atom. The molecular formula is C32H30S4. The van der Waals surface area contributed by atoms with E-state index in [1.165, 1.54) is 99.1 Å². The number of hydrogen-bond donors (Lipinski definition) is 0. The molecule has 6 aromatic rings. The van der Waals surface area contributed by atoms with Crippen LogP contribution in [0.25, 0.3) is 50.8 Å². The summed E-state index contributed by atoms with van der Waals surface area (Å²) in [6, 6.07) is 27.4. The molecule has 36 heavy (non-hydrogen) atoms. The van der Waals surface area contributed by atoms with Gasteiger partial charge < -0.3 is 0 Å². The average molecular weight is 543 g/mol. The molecule has 4 heterocycles. The summed E-state index contributed by atoms with van der Waals surface area (Å²) in [5.74, 6) is 0. The second-order valence-electron chi connectivity index (χ2n) is 9.35. The topological polar surface area (TPSA) is 0 Å². The van der Waals surface area contributed by atoms with Crippen LogP contribution in [0.4, 0.5) is 0 Å². The van der Waals surface area contributed by atoms with E-state index in [1.54, 1.807) is 0 Å². The molecule has 6 rings (SSSR count). The van der Waals surface area contributed by atoms with E-state index < -0.39 is 0 Å². The molecular weight excluding hydrogens is 513 g/mol. The van der Waals surface area contributed by atoms with Crippen molar-refractivity contribution in [3.63, 3.8) is 0 Å². The summed E-state index contributed by atoms with van der Waals surface area (Å²) in [7, 11) is 0. The number of hydrogen-bond acceptors (Lipinski definition) is 4. The highest BCUT2D eigenvalue weighted by atomic mass is 32.1. The highest BCUT2D eigenvalue weighted by Crippen LogP contribution is 2.52. The monoisotopic (exact) mass is 542 g/mol. The van der Waals surface area contributed by atoms with E-state index in [-0.39, 0.29) is 0 Å². The van der Waals surface area contributed by atoms with Crippen LogP contribution in [0.15, 0.2) is 72.8 Å². The van der Waals surface area contributed by atoms with Gasteiger partial charge >= 0.3 is 0 Å². The fourth-order valence-electron chi connectivity index (χ4n) is 4.86. The quantitative estimate of drug-likeness (QED) is 0.170. The number of thiophene rings is 4. The zero-order chi connectivity index (χ0) is 24.5. The third-order valence-electron chi connectivity index (χ3n) is 6.77. The van der Waals surface area contributed by atoms with Crippen molar-refractivity contribution >= 4 is 66.9 Å². The Bertz CT molecular complexity index is 1500. The van der Waals surface area contributed by atoms with Gasteiger partial charge in [0.15, 0.2) is 0 Å². The Morgan fingerprint density at radius 1 is 0.444 bits per heavy atom. The Balaban J connectivity index is 1.49. The normalized spacial score (nSPS) is 11.7. The van der Waals surface area contributed by atoms with Crippen molar-refractivity contribution in [3.05, 3.63) is 82.6 Å². The van der Waals surface area contributed by atoms with E-state index in [9.17, 15) is 0 Å². The van der Waals surface area contributed by atoms with Crippen LogP contribution in [0, 0.1) is 0 Å². The summed E-state index contributed by atoms with van der Waals surface area (Å²) in [6.45, 7) is 4.55. The summed E-state index contributed by atoms with van der Waals surface area (Å²) in [6.07, 6.45) is 7.41. The predicted molar refractivity (Wildman–Crippen MR) is 166 cm³/mol. The lowest BCUT2D eigenvalue weighted by atomic mass is 10.1. The largest absolute Gasteiger partial charge is 0.139 e. The van der Waals surface area contributed by atoms with Crippen LogP contribution in [0.5, 0.6) is 0 Å². The summed E-state index contributed by atoms with van der Waals surface area (Å²) in [5.41, 5.74) is 0. The minimum atomic E-state index is 1.19. The van der Waals surface area contributed by atoms with Crippen LogP contribution in [0.3, 0.4) is 0 Å². The Labute approximate surface area is 229 Å². The van der Waals surface area contributed by atoms with Crippen molar-refractivity contribution in [1.82, 2.24) is 0 Å². The molecule has 0 bridgehead atoms. The van der Waals surface area contributed by atoms with E-state index in [1.807, 2.05) is 45.3 Å². The van der Waals surface area contributed by atoms with E-state index in [4.69, 9.17) is 0 Å². The second-order valence-corrected chi connectivity index (χ2v) is 13.7. The predicted octanol–water partition coefficient (Wildman–Crippen LogP) is 11.9. The molecule has 4 heteroatoms. The SMILES string of the molecule is CCCCc1ccc(-c2sc(-c3sc(-c4ccc(CCCC)s4)c4ccccc34)c3ccccc23)s1. The molecule has 0 nitrogen and oxygen atoms in total. The highest BCUT2D eigenvalue weighted by molar-refractivity contribution is 7.30. The molecule has 182 valence electrons. The van der Waals surface area contributed by atoms with Crippen LogP contribution in [-0.2, 0) is 12.8 Å². The lowest BCUT2D eigenvalue weighted by molar-refractivity contribution is 0.804. The van der Waals surface area contributed by atoms with Crippen molar-refractivity contribution in [3.8, 4) is 29.3 Å². The molecule has 0 atom stereocenters.